The van der Waals surface area contributed by atoms with Gasteiger partial charge in [-0.05, 0) is 51.1 Å². The van der Waals surface area contributed by atoms with Gasteiger partial charge in [0.15, 0.2) is 0 Å². The summed E-state index contributed by atoms with van der Waals surface area (Å²) in [6, 6.07) is 9.33. The molecule has 0 saturated heterocycles. The Morgan fingerprint density at radius 3 is 2.62 bits per heavy atom. The molecule has 0 radical (unpaired) electrons. The maximum absolute atomic E-state index is 12.0. The zero-order valence-corrected chi connectivity index (χ0v) is 12.7. The van der Waals surface area contributed by atoms with Crippen molar-refractivity contribution in [1.29, 1.82) is 0 Å². The average Bonchev–Trinajstić information content (AvgIpc) is 2.88. The van der Waals surface area contributed by atoms with E-state index >= 15 is 0 Å². The van der Waals surface area contributed by atoms with Crippen molar-refractivity contribution in [2.24, 2.45) is 0 Å². The predicted octanol–water partition coefficient (Wildman–Crippen LogP) is 3.18. The molecule has 2 aromatic rings. The van der Waals surface area contributed by atoms with Gasteiger partial charge < -0.3 is 10.1 Å². The lowest BCUT2D eigenvalue weighted by Crippen LogP contribution is -2.18. The van der Waals surface area contributed by atoms with E-state index in [4.69, 9.17) is 4.74 Å². The van der Waals surface area contributed by atoms with Gasteiger partial charge in [0.25, 0.3) is 0 Å². The van der Waals surface area contributed by atoms with E-state index in [1.807, 2.05) is 62.0 Å². The molecule has 5 heteroatoms. The molecule has 0 spiro atoms. The summed E-state index contributed by atoms with van der Waals surface area (Å²) < 4.78 is 7.18. The highest BCUT2D eigenvalue weighted by Gasteiger charge is 2.11. The number of nitrogens with one attached hydrogen (secondary N) is 1. The predicted molar refractivity (Wildman–Crippen MR) is 82.5 cm³/mol. The Hall–Kier alpha value is -2.30. The molecule has 0 fully saturated rings. The van der Waals surface area contributed by atoms with Crippen LogP contribution in [0.15, 0.2) is 36.5 Å². The molecule has 5 nitrogen and oxygen atoms in total. The third-order valence-electron chi connectivity index (χ3n) is 3.12. The summed E-state index contributed by atoms with van der Waals surface area (Å²) in [6.45, 7) is 6.48. The molecule has 1 aromatic carbocycles. The number of benzene rings is 1. The van der Waals surface area contributed by atoms with Gasteiger partial charge in [-0.15, -0.1) is 0 Å². The first-order chi connectivity index (χ1) is 10.1. The second-order valence-corrected chi connectivity index (χ2v) is 5.00. The molecule has 1 aromatic heterocycles. The maximum Gasteiger partial charge on any atom is 0.226 e. The second-order valence-electron chi connectivity index (χ2n) is 5.00. The van der Waals surface area contributed by atoms with E-state index in [0.717, 1.165) is 17.1 Å². The second kappa shape index (κ2) is 6.92. The Kier molecular flexibility index (Phi) is 4.98. The smallest absolute Gasteiger partial charge is 0.226 e. The molecule has 21 heavy (non-hydrogen) atoms. The van der Waals surface area contributed by atoms with Gasteiger partial charge >= 0.3 is 0 Å². The Bertz CT molecular complexity index is 590. The number of hydrogen-bond donors (Lipinski definition) is 1. The number of hydrogen-bond acceptors (Lipinski definition) is 3. The molecule has 0 aliphatic heterocycles. The van der Waals surface area contributed by atoms with Crippen LogP contribution in [0.1, 0.15) is 32.0 Å². The first kappa shape index (κ1) is 15.1. The van der Waals surface area contributed by atoms with Gasteiger partial charge in [0.1, 0.15) is 5.75 Å². The third-order valence-corrected chi connectivity index (χ3v) is 3.12. The number of anilines is 1. The summed E-state index contributed by atoms with van der Waals surface area (Å²) in [6.07, 6.45) is 2.28. The van der Waals surface area contributed by atoms with Crippen LogP contribution in [-0.2, 0) is 4.79 Å². The summed E-state index contributed by atoms with van der Waals surface area (Å²) >= 11 is 0. The normalized spacial score (nSPS) is 12.0. The molecular formula is C16H21N3O2. The Morgan fingerprint density at radius 1 is 1.33 bits per heavy atom. The molecule has 0 bridgehead atoms. The lowest BCUT2D eigenvalue weighted by Gasteiger charge is -2.12. The van der Waals surface area contributed by atoms with Crippen molar-refractivity contribution >= 4 is 11.6 Å². The molecule has 1 amide bonds. The van der Waals surface area contributed by atoms with Crippen LogP contribution in [0, 0.1) is 6.92 Å². The van der Waals surface area contributed by atoms with Gasteiger partial charge in [-0.3, -0.25) is 9.48 Å². The van der Waals surface area contributed by atoms with Crippen LogP contribution in [-0.4, -0.2) is 22.3 Å². The number of rotatable bonds is 6. The summed E-state index contributed by atoms with van der Waals surface area (Å²) in [4.78, 5) is 12.0. The van der Waals surface area contributed by atoms with Crippen LogP contribution < -0.4 is 10.1 Å². The molecule has 0 saturated carbocycles. The van der Waals surface area contributed by atoms with Crippen LogP contribution in [0.5, 0.6) is 5.75 Å². The lowest BCUT2D eigenvalue weighted by atomic mass is 10.2. The maximum atomic E-state index is 12.0. The lowest BCUT2D eigenvalue weighted by molar-refractivity contribution is -0.116. The van der Waals surface area contributed by atoms with Gasteiger partial charge in [0, 0.05) is 18.3 Å². The van der Waals surface area contributed by atoms with Crippen molar-refractivity contribution in [1.82, 2.24) is 9.78 Å². The summed E-state index contributed by atoms with van der Waals surface area (Å²) in [5.41, 5.74) is 1.72. The van der Waals surface area contributed by atoms with Gasteiger partial charge in [-0.1, -0.05) is 0 Å². The van der Waals surface area contributed by atoms with Gasteiger partial charge in [-0.25, -0.2) is 0 Å². The van der Waals surface area contributed by atoms with Crippen LogP contribution in [0.4, 0.5) is 5.69 Å². The summed E-state index contributed by atoms with van der Waals surface area (Å²) in [5.74, 6) is 0.774. The fourth-order valence-electron chi connectivity index (χ4n) is 2.05. The molecule has 0 aliphatic carbocycles. The van der Waals surface area contributed by atoms with Crippen molar-refractivity contribution in [2.75, 3.05) is 11.9 Å². The van der Waals surface area contributed by atoms with E-state index in [9.17, 15) is 4.79 Å². The minimum atomic E-state index is -0.0280. The van der Waals surface area contributed by atoms with Crippen LogP contribution in [0.25, 0.3) is 0 Å². The largest absolute Gasteiger partial charge is 0.494 e. The summed E-state index contributed by atoms with van der Waals surface area (Å²) in [5, 5.41) is 7.21. The summed E-state index contributed by atoms with van der Waals surface area (Å²) in [7, 11) is 0. The highest BCUT2D eigenvalue weighted by molar-refractivity contribution is 5.90. The van der Waals surface area contributed by atoms with E-state index in [2.05, 4.69) is 10.4 Å². The fraction of sp³-hybridized carbons (Fsp3) is 0.375. The minimum absolute atomic E-state index is 0.0280. The molecule has 1 heterocycles. The van der Waals surface area contributed by atoms with Gasteiger partial charge in [-0.2, -0.15) is 5.10 Å². The van der Waals surface area contributed by atoms with Gasteiger partial charge in [0.2, 0.25) is 5.91 Å². The molecule has 0 unspecified atom stereocenters. The number of carbonyl (C=O) groups excluding carboxylic acids is 1. The highest BCUT2D eigenvalue weighted by Crippen LogP contribution is 2.17. The van der Waals surface area contributed by atoms with Crippen molar-refractivity contribution in [3.05, 3.63) is 42.2 Å². The molecule has 112 valence electrons. The SMILES string of the molecule is CCOc1ccc(NC(=O)C[C@H](C)n2ccc(C)n2)cc1. The van der Waals surface area contributed by atoms with E-state index in [1.54, 1.807) is 0 Å². The van der Waals surface area contributed by atoms with Crippen molar-refractivity contribution in [3.63, 3.8) is 0 Å². The standard InChI is InChI=1S/C16H21N3O2/c1-4-21-15-7-5-14(6-8-15)17-16(20)11-13(3)19-10-9-12(2)18-19/h5-10,13H,4,11H2,1-3H3,(H,17,20)/t13-/m0/s1. The van der Waals surface area contributed by atoms with E-state index < -0.39 is 0 Å². The fourth-order valence-corrected chi connectivity index (χ4v) is 2.05. The van der Waals surface area contributed by atoms with Crippen LogP contribution >= 0.6 is 0 Å². The first-order valence-corrected chi connectivity index (χ1v) is 7.13. The molecular weight excluding hydrogens is 266 g/mol. The Balaban J connectivity index is 1.89. The van der Waals surface area contributed by atoms with E-state index in [1.165, 1.54) is 0 Å². The number of aromatic nitrogens is 2. The highest BCUT2D eigenvalue weighted by atomic mass is 16.5. The number of ether oxygens (including phenoxy) is 1. The minimum Gasteiger partial charge on any atom is -0.494 e. The monoisotopic (exact) mass is 287 g/mol. The first-order valence-electron chi connectivity index (χ1n) is 7.13. The number of nitrogens with zero attached hydrogens (tertiary/aromatic N) is 2. The molecule has 0 aliphatic rings. The molecule has 1 N–H and O–H groups in total. The van der Waals surface area contributed by atoms with E-state index in [-0.39, 0.29) is 11.9 Å². The van der Waals surface area contributed by atoms with Crippen LogP contribution in [0.3, 0.4) is 0 Å². The molecule has 2 rings (SSSR count). The quantitative estimate of drug-likeness (QED) is 0.887. The number of amides is 1. The number of carbonyl (C=O) groups is 1. The van der Waals surface area contributed by atoms with Crippen molar-refractivity contribution in [3.8, 4) is 5.75 Å². The van der Waals surface area contributed by atoms with Crippen molar-refractivity contribution in [2.45, 2.75) is 33.2 Å². The number of aryl methyl sites for hydroxylation is 1. The average molecular weight is 287 g/mol. The van der Waals surface area contributed by atoms with Crippen LogP contribution in [0.2, 0.25) is 0 Å². The van der Waals surface area contributed by atoms with E-state index in [0.29, 0.717) is 13.0 Å². The van der Waals surface area contributed by atoms with Gasteiger partial charge in [0.05, 0.1) is 18.3 Å². The van der Waals surface area contributed by atoms with Crippen molar-refractivity contribution < 1.29 is 9.53 Å². The Morgan fingerprint density at radius 2 is 2.05 bits per heavy atom. The zero-order chi connectivity index (χ0) is 15.2. The molecule has 1 atom stereocenters. The zero-order valence-electron chi connectivity index (χ0n) is 12.7. The third kappa shape index (κ3) is 4.34. The topological polar surface area (TPSA) is 56.1 Å². The Labute approximate surface area is 124 Å².